The Morgan fingerprint density at radius 2 is 1.38 bits per heavy atom. The molecule has 0 bridgehead atoms. The Kier molecular flexibility index (Phi) is 3.34. The van der Waals surface area contributed by atoms with Gasteiger partial charge in [-0.1, -0.05) is 12.1 Å². The van der Waals surface area contributed by atoms with Gasteiger partial charge in [0.05, 0.1) is 0 Å². The van der Waals surface area contributed by atoms with Crippen LogP contribution in [0.3, 0.4) is 0 Å². The van der Waals surface area contributed by atoms with Gasteiger partial charge in [0, 0.05) is 0 Å². The zero-order valence-corrected chi connectivity index (χ0v) is 7.12. The van der Waals surface area contributed by atoms with Gasteiger partial charge in [0.15, 0.2) is 0 Å². The molecule has 3 heteroatoms. The molecular formula is C10H10F3. The van der Waals surface area contributed by atoms with E-state index in [0.717, 1.165) is 0 Å². The van der Waals surface area contributed by atoms with Crippen molar-refractivity contribution in [1.29, 1.82) is 0 Å². The molecule has 0 saturated carbocycles. The van der Waals surface area contributed by atoms with Crippen molar-refractivity contribution in [3.63, 3.8) is 0 Å². The molecule has 0 amide bonds. The molecule has 0 atom stereocenters. The number of hydrogen-bond acceptors (Lipinski definition) is 0. The summed E-state index contributed by atoms with van der Waals surface area (Å²) in [6, 6.07) is 2.75. The van der Waals surface area contributed by atoms with E-state index in [1.54, 1.807) is 0 Å². The highest BCUT2D eigenvalue weighted by atomic mass is 19.1. The lowest BCUT2D eigenvalue weighted by Crippen LogP contribution is -1.95. The first kappa shape index (κ1) is 10.1. The molecule has 13 heavy (non-hydrogen) atoms. The summed E-state index contributed by atoms with van der Waals surface area (Å²) in [4.78, 5) is 0. The van der Waals surface area contributed by atoms with E-state index in [-0.39, 0.29) is 11.1 Å². The van der Waals surface area contributed by atoms with Crippen molar-refractivity contribution in [2.24, 2.45) is 0 Å². The van der Waals surface area contributed by atoms with E-state index in [2.05, 4.69) is 6.92 Å². The smallest absolute Gasteiger partial charge is 0.115 e. The Bertz CT molecular complexity index is 269. The van der Waals surface area contributed by atoms with Gasteiger partial charge in [-0.2, -0.15) is 0 Å². The number of benzene rings is 1. The highest BCUT2D eigenvalue weighted by Crippen LogP contribution is 2.19. The Balaban J connectivity index is 3.20. The maximum atomic E-state index is 12.3. The average molecular weight is 187 g/mol. The Morgan fingerprint density at radius 3 is 1.69 bits per heavy atom. The molecule has 0 heterocycles. The summed E-state index contributed by atoms with van der Waals surface area (Å²) >= 11 is 0. The van der Waals surface area contributed by atoms with Crippen LogP contribution < -0.4 is 0 Å². The molecule has 0 N–H and O–H groups in total. The number of halogens is 3. The van der Waals surface area contributed by atoms with Crippen LogP contribution in [0.15, 0.2) is 12.1 Å². The normalized spacial score (nSPS) is 10.5. The Labute approximate surface area is 75.4 Å². The van der Waals surface area contributed by atoms with Crippen molar-refractivity contribution in [1.82, 2.24) is 0 Å². The van der Waals surface area contributed by atoms with Gasteiger partial charge in [0.25, 0.3) is 0 Å². The molecule has 1 aromatic carbocycles. The fourth-order valence-corrected chi connectivity index (χ4v) is 1.19. The van der Waals surface area contributed by atoms with E-state index in [1.807, 2.05) is 0 Å². The van der Waals surface area contributed by atoms with Crippen LogP contribution in [0.1, 0.15) is 22.3 Å². The summed E-state index contributed by atoms with van der Waals surface area (Å²) in [6.45, 7) is 1.35. The van der Waals surface area contributed by atoms with E-state index in [4.69, 9.17) is 0 Å². The lowest BCUT2D eigenvalue weighted by molar-refractivity contribution is 0.463. The van der Waals surface area contributed by atoms with Crippen molar-refractivity contribution in [3.05, 3.63) is 41.3 Å². The van der Waals surface area contributed by atoms with Crippen molar-refractivity contribution in [2.75, 3.05) is 0 Å². The van der Waals surface area contributed by atoms with Gasteiger partial charge in [-0.15, -0.1) is 0 Å². The third-order valence-corrected chi connectivity index (χ3v) is 1.94. The zero-order chi connectivity index (χ0) is 9.84. The molecule has 0 spiro atoms. The minimum Gasteiger partial charge on any atom is -0.246 e. The number of alkyl halides is 3. The average Bonchev–Trinajstić information content (AvgIpc) is 2.18. The second-order valence-electron chi connectivity index (χ2n) is 2.79. The van der Waals surface area contributed by atoms with E-state index >= 15 is 0 Å². The van der Waals surface area contributed by atoms with Crippen molar-refractivity contribution in [2.45, 2.75) is 20.0 Å². The van der Waals surface area contributed by atoms with Gasteiger partial charge in [-0.25, -0.2) is 13.2 Å². The molecule has 0 aliphatic rings. The summed E-state index contributed by atoms with van der Waals surface area (Å²) in [5.74, 6) is 0. The van der Waals surface area contributed by atoms with Crippen LogP contribution in [0.5, 0.6) is 0 Å². The molecule has 1 rings (SSSR count). The molecule has 0 aromatic heterocycles. The first-order valence-electron chi connectivity index (χ1n) is 3.87. The first-order chi connectivity index (χ1) is 6.22. The Hall–Kier alpha value is -0.990. The third-order valence-electron chi connectivity index (χ3n) is 1.94. The van der Waals surface area contributed by atoms with E-state index in [9.17, 15) is 13.2 Å². The van der Waals surface area contributed by atoms with Crippen LogP contribution >= 0.6 is 0 Å². The standard InChI is InChI=1S/C10H10F3/c1-7-9(5-12)2-8(4-11)3-10(7)6-13/h2-3H,1,4-6H2. The lowest BCUT2D eigenvalue weighted by atomic mass is 10.0. The fourth-order valence-electron chi connectivity index (χ4n) is 1.19. The van der Waals surface area contributed by atoms with Crippen LogP contribution in [0, 0.1) is 6.92 Å². The second kappa shape index (κ2) is 4.30. The topological polar surface area (TPSA) is 0 Å². The minimum atomic E-state index is -0.736. The summed E-state index contributed by atoms with van der Waals surface area (Å²) in [5.41, 5.74) is 1.17. The minimum absolute atomic E-state index is 0.266. The van der Waals surface area contributed by atoms with Gasteiger partial charge < -0.3 is 0 Å². The quantitative estimate of drug-likeness (QED) is 0.681. The van der Waals surface area contributed by atoms with Crippen LogP contribution in [0.25, 0.3) is 0 Å². The van der Waals surface area contributed by atoms with Gasteiger partial charge in [0.2, 0.25) is 0 Å². The van der Waals surface area contributed by atoms with Gasteiger partial charge in [-0.05, 0) is 29.2 Å². The molecule has 0 saturated heterocycles. The summed E-state index contributed by atoms with van der Waals surface area (Å²) in [5, 5.41) is 0. The molecule has 0 unspecified atom stereocenters. The predicted molar refractivity (Wildman–Crippen MR) is 45.3 cm³/mol. The molecule has 71 valence electrons. The summed E-state index contributed by atoms with van der Waals surface area (Å²) < 4.78 is 36.9. The highest BCUT2D eigenvalue weighted by Gasteiger charge is 2.06. The van der Waals surface area contributed by atoms with Gasteiger partial charge in [-0.3, -0.25) is 0 Å². The van der Waals surface area contributed by atoms with E-state index < -0.39 is 20.0 Å². The largest absolute Gasteiger partial charge is 0.246 e. The molecule has 0 aliphatic heterocycles. The third kappa shape index (κ3) is 2.02. The van der Waals surface area contributed by atoms with Crippen LogP contribution in [-0.2, 0) is 20.0 Å². The highest BCUT2D eigenvalue weighted by molar-refractivity contribution is 5.40. The van der Waals surface area contributed by atoms with Gasteiger partial charge >= 0.3 is 0 Å². The fraction of sp³-hybridized carbons (Fsp3) is 0.300. The summed E-state index contributed by atoms with van der Waals surface area (Å²) in [6.07, 6.45) is 0. The molecule has 0 nitrogen and oxygen atoms in total. The number of hydrogen-bond donors (Lipinski definition) is 0. The second-order valence-corrected chi connectivity index (χ2v) is 2.79. The van der Waals surface area contributed by atoms with E-state index in [0.29, 0.717) is 11.1 Å². The molecule has 1 radical (unpaired) electrons. The van der Waals surface area contributed by atoms with E-state index in [1.165, 1.54) is 12.1 Å². The maximum absolute atomic E-state index is 12.3. The predicted octanol–water partition coefficient (Wildman–Crippen LogP) is 3.28. The van der Waals surface area contributed by atoms with Crippen molar-refractivity contribution >= 4 is 0 Å². The monoisotopic (exact) mass is 187 g/mol. The summed E-state index contributed by atoms with van der Waals surface area (Å²) in [7, 11) is 0. The maximum Gasteiger partial charge on any atom is 0.115 e. The molecule has 0 fully saturated rings. The first-order valence-corrected chi connectivity index (χ1v) is 3.87. The van der Waals surface area contributed by atoms with Crippen molar-refractivity contribution in [3.8, 4) is 0 Å². The van der Waals surface area contributed by atoms with Crippen LogP contribution in [-0.4, -0.2) is 0 Å². The van der Waals surface area contributed by atoms with Gasteiger partial charge in [0.1, 0.15) is 20.0 Å². The molecule has 1 aromatic rings. The van der Waals surface area contributed by atoms with Crippen molar-refractivity contribution < 1.29 is 13.2 Å². The Morgan fingerprint density at radius 1 is 0.923 bits per heavy atom. The zero-order valence-electron chi connectivity index (χ0n) is 7.12. The SMILES string of the molecule is [CH2]c1c(CF)cc(CF)cc1CF. The van der Waals surface area contributed by atoms with Crippen LogP contribution in [0.2, 0.25) is 0 Å². The molecule has 0 aliphatic carbocycles. The number of rotatable bonds is 3. The lowest BCUT2D eigenvalue weighted by Gasteiger charge is -2.08. The molecular weight excluding hydrogens is 177 g/mol. The van der Waals surface area contributed by atoms with Crippen LogP contribution in [0.4, 0.5) is 13.2 Å².